The molecule has 184 valence electrons. The minimum Gasteiger partial charge on any atom is -0.497 e. The number of aliphatic hydroxyl groups is 1. The highest BCUT2D eigenvalue weighted by Gasteiger charge is 2.24. The van der Waals surface area contributed by atoms with Crippen molar-refractivity contribution in [3.8, 4) is 11.5 Å². The molecule has 2 aromatic carbocycles. The molecule has 0 aliphatic carbocycles. The number of allylic oxidation sites excluding steroid dienone is 1. The molecule has 8 nitrogen and oxygen atoms in total. The first-order valence-corrected chi connectivity index (χ1v) is 11.2. The zero-order valence-corrected chi connectivity index (χ0v) is 20.1. The van der Waals surface area contributed by atoms with Crippen molar-refractivity contribution in [2.75, 3.05) is 32.2 Å². The zero-order chi connectivity index (χ0) is 24.9. The molecule has 1 amide bonds. The molecule has 0 radical (unpaired) electrons. The maximum Gasteiger partial charge on any atom is 0.412 e. The molecular formula is C26H33NO7. The van der Waals surface area contributed by atoms with Crippen LogP contribution in [-0.2, 0) is 14.3 Å². The van der Waals surface area contributed by atoms with E-state index in [4.69, 9.17) is 24.1 Å². The van der Waals surface area contributed by atoms with Crippen molar-refractivity contribution in [3.63, 3.8) is 0 Å². The molecule has 0 unspecified atom stereocenters. The van der Waals surface area contributed by atoms with Gasteiger partial charge < -0.3 is 24.1 Å². The largest absolute Gasteiger partial charge is 0.497 e. The van der Waals surface area contributed by atoms with Crippen LogP contribution in [0.5, 0.6) is 11.5 Å². The van der Waals surface area contributed by atoms with Crippen LogP contribution in [0, 0.1) is 5.92 Å². The number of methoxy groups -OCH3 is 1. The van der Waals surface area contributed by atoms with Crippen molar-refractivity contribution in [1.82, 2.24) is 0 Å². The highest BCUT2D eigenvalue weighted by atomic mass is 16.6. The van der Waals surface area contributed by atoms with Crippen LogP contribution in [0.15, 0.2) is 60.2 Å². The molecule has 2 aromatic rings. The van der Waals surface area contributed by atoms with Crippen molar-refractivity contribution in [2.24, 2.45) is 5.92 Å². The molecule has 8 heteroatoms. The summed E-state index contributed by atoms with van der Waals surface area (Å²) in [6.07, 6.45) is 1.10. The molecule has 0 saturated carbocycles. The summed E-state index contributed by atoms with van der Waals surface area (Å²) in [6, 6.07) is 14.1. The van der Waals surface area contributed by atoms with E-state index in [0.717, 1.165) is 5.56 Å². The standard InChI is InChI=1S/C26H33NO7/c1-5-32-25(29)19(3)7-6-18(2)24(20-8-12-23(13-9-20)33-17-16-28)34-26(30)27-21-10-14-22(31-4)15-11-21/h7-15,18,24,28H,5-6,16-17H2,1-4H3,(H,27,30)/b19-7+/t18-,24+/m1/s1. The molecule has 34 heavy (non-hydrogen) atoms. The Hall–Kier alpha value is -3.52. The number of benzene rings is 2. The molecule has 0 aliphatic heterocycles. The second kappa shape index (κ2) is 13.9. The first-order chi connectivity index (χ1) is 16.4. The van der Waals surface area contributed by atoms with Gasteiger partial charge in [0.05, 0.1) is 20.3 Å². The van der Waals surface area contributed by atoms with Gasteiger partial charge in [-0.2, -0.15) is 0 Å². The van der Waals surface area contributed by atoms with Gasteiger partial charge in [0.2, 0.25) is 0 Å². The summed E-state index contributed by atoms with van der Waals surface area (Å²) in [7, 11) is 1.57. The van der Waals surface area contributed by atoms with Gasteiger partial charge in [-0.25, -0.2) is 9.59 Å². The highest BCUT2D eigenvalue weighted by molar-refractivity contribution is 5.87. The van der Waals surface area contributed by atoms with Crippen LogP contribution in [0.1, 0.15) is 38.9 Å². The van der Waals surface area contributed by atoms with Crippen molar-refractivity contribution in [2.45, 2.75) is 33.3 Å². The number of ether oxygens (including phenoxy) is 4. The van der Waals surface area contributed by atoms with Crippen LogP contribution in [-0.4, -0.2) is 44.1 Å². The fourth-order valence-corrected chi connectivity index (χ4v) is 3.18. The Morgan fingerprint density at radius 2 is 1.71 bits per heavy atom. The van der Waals surface area contributed by atoms with Gasteiger partial charge in [-0.15, -0.1) is 0 Å². The normalized spacial score (nSPS) is 12.9. The van der Waals surface area contributed by atoms with E-state index in [1.807, 2.05) is 19.1 Å². The Bertz CT molecular complexity index is 939. The Balaban J connectivity index is 2.17. The summed E-state index contributed by atoms with van der Waals surface area (Å²) in [5.74, 6) is 0.771. The van der Waals surface area contributed by atoms with E-state index in [2.05, 4.69) is 5.32 Å². The molecule has 0 bridgehead atoms. The summed E-state index contributed by atoms with van der Waals surface area (Å²) >= 11 is 0. The lowest BCUT2D eigenvalue weighted by atomic mass is 9.93. The van der Waals surface area contributed by atoms with E-state index in [-0.39, 0.29) is 25.1 Å². The lowest BCUT2D eigenvalue weighted by Gasteiger charge is -2.24. The van der Waals surface area contributed by atoms with Crippen molar-refractivity contribution in [1.29, 1.82) is 0 Å². The third-order valence-corrected chi connectivity index (χ3v) is 5.05. The molecule has 0 fully saturated rings. The predicted octanol–water partition coefficient (Wildman–Crippen LogP) is 4.89. The number of carbonyl (C=O) groups is 2. The maximum absolute atomic E-state index is 12.7. The highest BCUT2D eigenvalue weighted by Crippen LogP contribution is 2.31. The molecular weight excluding hydrogens is 438 g/mol. The smallest absolute Gasteiger partial charge is 0.412 e. The topological polar surface area (TPSA) is 103 Å². The number of carbonyl (C=O) groups excluding carboxylic acids is 2. The maximum atomic E-state index is 12.7. The van der Waals surface area contributed by atoms with E-state index in [1.54, 1.807) is 63.4 Å². The SMILES string of the molecule is CCOC(=O)/C(C)=C/C[C@@H](C)[C@H](OC(=O)Nc1ccc(OC)cc1)c1ccc(OCCO)cc1. The van der Waals surface area contributed by atoms with Gasteiger partial charge in [-0.05, 0) is 62.2 Å². The van der Waals surface area contributed by atoms with Gasteiger partial charge in [0.25, 0.3) is 0 Å². The number of rotatable bonds is 12. The van der Waals surface area contributed by atoms with Crippen molar-refractivity contribution in [3.05, 3.63) is 65.7 Å². The molecule has 0 spiro atoms. The molecule has 2 N–H and O–H groups in total. The number of hydrogen-bond donors (Lipinski definition) is 2. The number of esters is 1. The predicted molar refractivity (Wildman–Crippen MR) is 129 cm³/mol. The van der Waals surface area contributed by atoms with E-state index >= 15 is 0 Å². The molecule has 0 aliphatic rings. The quantitative estimate of drug-likeness (QED) is 0.335. The second-order valence-corrected chi connectivity index (χ2v) is 7.64. The summed E-state index contributed by atoms with van der Waals surface area (Å²) in [4.78, 5) is 24.6. The minimum atomic E-state index is -0.603. The van der Waals surface area contributed by atoms with Crippen molar-refractivity contribution < 1.29 is 33.6 Å². The Morgan fingerprint density at radius 1 is 1.06 bits per heavy atom. The van der Waals surface area contributed by atoms with Crippen LogP contribution >= 0.6 is 0 Å². The lowest BCUT2D eigenvalue weighted by Crippen LogP contribution is -2.22. The molecule has 2 rings (SSSR count). The Kier molecular flexibility index (Phi) is 10.9. The van der Waals surface area contributed by atoms with E-state index in [9.17, 15) is 9.59 Å². The summed E-state index contributed by atoms with van der Waals surface area (Å²) in [5.41, 5.74) is 1.85. The third-order valence-electron chi connectivity index (χ3n) is 5.05. The first kappa shape index (κ1) is 26.7. The van der Waals surface area contributed by atoms with E-state index < -0.39 is 12.2 Å². The monoisotopic (exact) mass is 471 g/mol. The lowest BCUT2D eigenvalue weighted by molar-refractivity contribution is -0.138. The Labute approximate surface area is 200 Å². The average Bonchev–Trinajstić information content (AvgIpc) is 2.85. The number of aliphatic hydroxyl groups excluding tert-OH is 1. The second-order valence-electron chi connectivity index (χ2n) is 7.64. The Morgan fingerprint density at radius 3 is 2.29 bits per heavy atom. The van der Waals surface area contributed by atoms with Gasteiger partial charge in [-0.3, -0.25) is 5.32 Å². The van der Waals surface area contributed by atoms with Crippen LogP contribution < -0.4 is 14.8 Å². The molecule has 2 atom stereocenters. The summed E-state index contributed by atoms with van der Waals surface area (Å²) in [6.45, 7) is 5.81. The summed E-state index contributed by atoms with van der Waals surface area (Å²) in [5, 5.41) is 11.7. The van der Waals surface area contributed by atoms with Crippen molar-refractivity contribution >= 4 is 17.7 Å². The molecule has 0 aromatic heterocycles. The van der Waals surface area contributed by atoms with Gasteiger partial charge >= 0.3 is 12.1 Å². The van der Waals surface area contributed by atoms with E-state index in [0.29, 0.717) is 35.8 Å². The van der Waals surface area contributed by atoms with Gasteiger partial charge in [-0.1, -0.05) is 25.1 Å². The van der Waals surface area contributed by atoms with Crippen LogP contribution in [0.4, 0.5) is 10.5 Å². The summed E-state index contributed by atoms with van der Waals surface area (Å²) < 4.78 is 21.4. The molecule has 0 heterocycles. The number of anilines is 1. The van der Waals surface area contributed by atoms with Gasteiger partial charge in [0.15, 0.2) is 0 Å². The first-order valence-electron chi connectivity index (χ1n) is 11.2. The zero-order valence-electron chi connectivity index (χ0n) is 20.1. The van der Waals surface area contributed by atoms with Gasteiger partial charge in [0, 0.05) is 17.2 Å². The van der Waals surface area contributed by atoms with Crippen LogP contribution in [0.3, 0.4) is 0 Å². The van der Waals surface area contributed by atoms with Crippen LogP contribution in [0.2, 0.25) is 0 Å². The number of amides is 1. The van der Waals surface area contributed by atoms with E-state index in [1.165, 1.54) is 0 Å². The van der Waals surface area contributed by atoms with Gasteiger partial charge in [0.1, 0.15) is 24.2 Å². The number of hydrogen-bond acceptors (Lipinski definition) is 7. The fourth-order valence-electron chi connectivity index (χ4n) is 3.18. The number of nitrogens with one attached hydrogen (secondary N) is 1. The fraction of sp³-hybridized carbons (Fsp3) is 0.385. The average molecular weight is 472 g/mol. The molecule has 0 saturated heterocycles. The third kappa shape index (κ3) is 8.44. The van der Waals surface area contributed by atoms with Crippen LogP contribution in [0.25, 0.3) is 0 Å². The minimum absolute atomic E-state index is 0.0811.